The van der Waals surface area contributed by atoms with Crippen LogP contribution in [0.4, 0.5) is 5.95 Å². The molecule has 22 heavy (non-hydrogen) atoms. The number of allylic oxidation sites excluding steroid dienone is 2. The Morgan fingerprint density at radius 2 is 2.32 bits per heavy atom. The van der Waals surface area contributed by atoms with Crippen LogP contribution in [-0.2, 0) is 0 Å². The highest BCUT2D eigenvalue weighted by Crippen LogP contribution is 2.32. The van der Waals surface area contributed by atoms with Crippen LogP contribution in [0.1, 0.15) is 44.7 Å². The molecule has 1 fully saturated rings. The van der Waals surface area contributed by atoms with Gasteiger partial charge < -0.3 is 10.6 Å². The molecule has 1 aliphatic carbocycles. The van der Waals surface area contributed by atoms with Gasteiger partial charge in [-0.2, -0.15) is 5.26 Å². The van der Waals surface area contributed by atoms with E-state index in [-0.39, 0.29) is 0 Å². The molecule has 114 valence electrons. The van der Waals surface area contributed by atoms with E-state index in [2.05, 4.69) is 33.6 Å². The number of thioether (sulfide) groups is 1. The van der Waals surface area contributed by atoms with E-state index in [9.17, 15) is 5.26 Å². The quantitative estimate of drug-likeness (QED) is 0.827. The maximum atomic E-state index is 9.51. The molecule has 0 radical (unpaired) electrons. The molecule has 0 unspecified atom stereocenters. The van der Waals surface area contributed by atoms with Gasteiger partial charge in [-0.1, -0.05) is 31.5 Å². The monoisotopic (exact) mass is 313 g/mol. The lowest BCUT2D eigenvalue weighted by Gasteiger charge is -2.12. The van der Waals surface area contributed by atoms with Crippen LogP contribution in [0.2, 0.25) is 0 Å². The summed E-state index contributed by atoms with van der Waals surface area (Å²) < 4.78 is 0. The number of hydrogen-bond acceptors (Lipinski definition) is 6. The Labute approximate surface area is 134 Å². The molecule has 0 amide bonds. The van der Waals surface area contributed by atoms with Crippen LogP contribution in [0.5, 0.6) is 0 Å². The number of rotatable bonds is 4. The zero-order valence-corrected chi connectivity index (χ0v) is 13.4. The first-order chi connectivity index (χ1) is 10.8. The summed E-state index contributed by atoms with van der Waals surface area (Å²) in [4.78, 5) is 8.81. The predicted octanol–water partition coefficient (Wildman–Crippen LogP) is 3.61. The molecule has 1 aliphatic heterocycles. The smallest absolute Gasteiger partial charge is 0.223 e. The molecule has 0 saturated heterocycles. The molecule has 3 rings (SSSR count). The Morgan fingerprint density at radius 3 is 3.00 bits per heavy atom. The Hall–Kier alpha value is -2.00. The molecule has 2 N–H and O–H groups in total. The lowest BCUT2D eigenvalue weighted by molar-refractivity contribution is 0.743. The topological polar surface area (TPSA) is 73.6 Å². The van der Waals surface area contributed by atoms with Crippen molar-refractivity contribution in [2.75, 3.05) is 5.32 Å². The van der Waals surface area contributed by atoms with E-state index in [1.807, 2.05) is 5.41 Å². The summed E-state index contributed by atoms with van der Waals surface area (Å²) in [6, 6.07) is 4.52. The highest BCUT2D eigenvalue weighted by atomic mass is 32.2. The Bertz CT molecular complexity index is 653. The summed E-state index contributed by atoms with van der Waals surface area (Å²) >= 11 is 1.54. The van der Waals surface area contributed by atoms with Crippen molar-refractivity contribution in [1.29, 1.82) is 5.26 Å². The van der Waals surface area contributed by atoms with Gasteiger partial charge in [0.15, 0.2) is 0 Å². The third-order valence-electron chi connectivity index (χ3n) is 3.91. The van der Waals surface area contributed by atoms with E-state index in [1.165, 1.54) is 25.7 Å². The van der Waals surface area contributed by atoms with Crippen molar-refractivity contribution < 1.29 is 0 Å². The fraction of sp³-hybridized carbons (Fsp3) is 0.438. The maximum absolute atomic E-state index is 9.51. The van der Waals surface area contributed by atoms with E-state index < -0.39 is 0 Å². The van der Waals surface area contributed by atoms with Gasteiger partial charge in [-0.05, 0) is 30.7 Å². The molecule has 1 aromatic rings. The second-order valence-electron chi connectivity index (χ2n) is 5.45. The summed E-state index contributed by atoms with van der Waals surface area (Å²) in [5.41, 5.74) is 2.37. The summed E-state index contributed by atoms with van der Waals surface area (Å²) in [6.07, 6.45) is 7.49. The summed E-state index contributed by atoms with van der Waals surface area (Å²) in [6.45, 7) is 2.09. The number of aromatic nitrogens is 2. The van der Waals surface area contributed by atoms with Gasteiger partial charge in [-0.15, -0.1) is 0 Å². The first-order valence-corrected chi connectivity index (χ1v) is 8.55. The molecular formula is C16H19N5S. The lowest BCUT2D eigenvalue weighted by atomic mass is 10.2. The van der Waals surface area contributed by atoms with Gasteiger partial charge in [-0.25, -0.2) is 9.97 Å². The fourth-order valence-corrected chi connectivity index (χ4v) is 3.62. The molecule has 0 atom stereocenters. The van der Waals surface area contributed by atoms with Crippen molar-refractivity contribution in [3.05, 3.63) is 34.1 Å². The third-order valence-corrected chi connectivity index (χ3v) is 4.86. The molecule has 1 aromatic heterocycles. The Morgan fingerprint density at radius 1 is 1.50 bits per heavy atom. The second kappa shape index (κ2) is 6.84. The molecule has 0 spiro atoms. The van der Waals surface area contributed by atoms with Crippen molar-refractivity contribution in [3.63, 3.8) is 0 Å². The predicted molar refractivity (Wildman–Crippen MR) is 89.5 cm³/mol. The first kappa shape index (κ1) is 14.9. The van der Waals surface area contributed by atoms with E-state index in [0.29, 0.717) is 23.3 Å². The fourth-order valence-electron chi connectivity index (χ4n) is 2.67. The average Bonchev–Trinajstić information content (AvgIpc) is 3.20. The van der Waals surface area contributed by atoms with Gasteiger partial charge in [0.2, 0.25) is 5.95 Å². The minimum absolute atomic E-state index is 0.459. The maximum Gasteiger partial charge on any atom is 0.223 e. The molecular weight excluding hydrogens is 294 g/mol. The zero-order chi connectivity index (χ0) is 15.4. The van der Waals surface area contributed by atoms with Crippen LogP contribution in [-0.4, -0.2) is 16.0 Å². The molecule has 0 bridgehead atoms. The molecule has 1 saturated carbocycles. The van der Waals surface area contributed by atoms with Crippen LogP contribution in [0, 0.1) is 11.3 Å². The van der Waals surface area contributed by atoms with Crippen molar-refractivity contribution in [3.8, 4) is 6.07 Å². The Balaban J connectivity index is 1.81. The van der Waals surface area contributed by atoms with Gasteiger partial charge in [0, 0.05) is 17.9 Å². The van der Waals surface area contributed by atoms with E-state index in [4.69, 9.17) is 0 Å². The second-order valence-corrected chi connectivity index (χ2v) is 6.33. The number of nitrogens with one attached hydrogen (secondary N) is 2. The SMILES string of the molecule is CCC1=CSC(=C(C#N)c2ccnc(NC3CCCC3)n2)N1. The standard InChI is InChI=1S/C16H19N5S/c1-2-11-10-22-15(19-11)13(9-17)14-7-8-18-16(21-14)20-12-5-3-4-6-12/h7-8,10,12,19H,2-6H2,1H3,(H,18,20,21). The van der Waals surface area contributed by atoms with Gasteiger partial charge in [-0.3, -0.25) is 0 Å². The number of nitriles is 1. The van der Waals surface area contributed by atoms with Gasteiger partial charge >= 0.3 is 0 Å². The molecule has 5 nitrogen and oxygen atoms in total. The molecule has 0 aromatic carbocycles. The van der Waals surface area contributed by atoms with Gasteiger partial charge in [0.25, 0.3) is 0 Å². The highest BCUT2D eigenvalue weighted by molar-refractivity contribution is 8.06. The van der Waals surface area contributed by atoms with E-state index in [0.717, 1.165) is 17.1 Å². The normalized spacial score (nSPS) is 20.3. The highest BCUT2D eigenvalue weighted by Gasteiger charge is 2.18. The average molecular weight is 313 g/mol. The van der Waals surface area contributed by atoms with Crippen molar-refractivity contribution in [2.24, 2.45) is 0 Å². The van der Waals surface area contributed by atoms with E-state index in [1.54, 1.807) is 24.0 Å². The number of anilines is 1. The van der Waals surface area contributed by atoms with E-state index >= 15 is 0 Å². The lowest BCUT2D eigenvalue weighted by Crippen LogP contribution is -2.17. The third kappa shape index (κ3) is 3.25. The van der Waals surface area contributed by atoms with Crippen molar-refractivity contribution in [2.45, 2.75) is 45.1 Å². The van der Waals surface area contributed by atoms with Crippen LogP contribution in [0.3, 0.4) is 0 Å². The summed E-state index contributed by atoms with van der Waals surface area (Å²) in [7, 11) is 0. The molecule has 6 heteroatoms. The summed E-state index contributed by atoms with van der Waals surface area (Å²) in [5.74, 6) is 0.615. The minimum atomic E-state index is 0.459. The van der Waals surface area contributed by atoms with Crippen LogP contribution >= 0.6 is 11.8 Å². The summed E-state index contributed by atoms with van der Waals surface area (Å²) in [5, 5.41) is 19.1. The first-order valence-electron chi connectivity index (χ1n) is 7.67. The Kier molecular flexibility index (Phi) is 4.64. The van der Waals surface area contributed by atoms with Gasteiger partial charge in [0.05, 0.1) is 10.7 Å². The minimum Gasteiger partial charge on any atom is -0.352 e. The molecule has 2 aliphatic rings. The van der Waals surface area contributed by atoms with Crippen molar-refractivity contribution in [1.82, 2.24) is 15.3 Å². The van der Waals surface area contributed by atoms with Crippen LogP contribution in [0.15, 0.2) is 28.4 Å². The van der Waals surface area contributed by atoms with Crippen molar-refractivity contribution >= 4 is 23.3 Å². The van der Waals surface area contributed by atoms with Gasteiger partial charge in [0.1, 0.15) is 11.6 Å². The number of nitrogens with zero attached hydrogens (tertiary/aromatic N) is 3. The largest absolute Gasteiger partial charge is 0.352 e. The number of hydrogen-bond donors (Lipinski definition) is 2. The zero-order valence-electron chi connectivity index (χ0n) is 12.6. The van der Waals surface area contributed by atoms with Crippen LogP contribution in [0.25, 0.3) is 5.57 Å². The molecule has 2 heterocycles. The van der Waals surface area contributed by atoms with Crippen LogP contribution < -0.4 is 10.6 Å².